The number of azo groups is 1. The van der Waals surface area contributed by atoms with Crippen molar-refractivity contribution in [1.82, 2.24) is 0 Å². The maximum absolute atomic E-state index is 12.6. The molecule has 0 radical (unpaired) electrons. The summed E-state index contributed by atoms with van der Waals surface area (Å²) >= 11 is 5.90. The van der Waals surface area contributed by atoms with Gasteiger partial charge in [0.2, 0.25) is 5.91 Å². The molecule has 3 rings (SSSR count). The van der Waals surface area contributed by atoms with E-state index in [1.165, 1.54) is 4.90 Å². The van der Waals surface area contributed by atoms with Gasteiger partial charge in [-0.2, -0.15) is 10.2 Å². The Labute approximate surface area is 121 Å². The summed E-state index contributed by atoms with van der Waals surface area (Å²) in [6, 6.07) is 5.65. The first-order valence-electron chi connectivity index (χ1n) is 6.43. The van der Waals surface area contributed by atoms with Crippen LogP contribution in [0.5, 0.6) is 0 Å². The molecule has 2 heterocycles. The van der Waals surface area contributed by atoms with Gasteiger partial charge in [-0.1, -0.05) is 17.7 Å². The van der Waals surface area contributed by atoms with Crippen LogP contribution in [0.3, 0.4) is 0 Å². The van der Waals surface area contributed by atoms with Gasteiger partial charge in [0.05, 0.1) is 12.1 Å². The number of amides is 2. The summed E-state index contributed by atoms with van der Waals surface area (Å²) in [6.45, 7) is 3.86. The summed E-state index contributed by atoms with van der Waals surface area (Å²) in [4.78, 5) is 26.1. The van der Waals surface area contributed by atoms with Gasteiger partial charge in [0.15, 0.2) is 5.54 Å². The molecular formula is C14H14ClN3O2. The first kappa shape index (κ1) is 13.2. The molecule has 1 fully saturated rings. The highest BCUT2D eigenvalue weighted by atomic mass is 35.5. The minimum Gasteiger partial charge on any atom is -0.274 e. The number of imide groups is 1. The quantitative estimate of drug-likeness (QED) is 0.454. The van der Waals surface area contributed by atoms with E-state index >= 15 is 0 Å². The molecule has 2 atom stereocenters. The zero-order valence-corrected chi connectivity index (χ0v) is 12.0. The van der Waals surface area contributed by atoms with Crippen molar-refractivity contribution in [2.75, 3.05) is 4.90 Å². The Hall–Kier alpha value is -1.75. The first-order chi connectivity index (χ1) is 9.41. The highest BCUT2D eigenvalue weighted by Crippen LogP contribution is 2.41. The fourth-order valence-corrected chi connectivity index (χ4v) is 3.14. The van der Waals surface area contributed by atoms with Crippen LogP contribution in [0.2, 0.25) is 0 Å². The Bertz CT molecular complexity index is 623. The van der Waals surface area contributed by atoms with E-state index in [2.05, 4.69) is 10.2 Å². The average molecular weight is 292 g/mol. The highest BCUT2D eigenvalue weighted by molar-refractivity contribution is 6.26. The van der Waals surface area contributed by atoms with Crippen LogP contribution in [0.4, 0.5) is 5.69 Å². The van der Waals surface area contributed by atoms with E-state index in [9.17, 15) is 9.59 Å². The number of carbonyl (C=O) groups is 2. The molecule has 0 aromatic heterocycles. The number of benzene rings is 1. The smallest absolute Gasteiger partial charge is 0.264 e. The van der Waals surface area contributed by atoms with Crippen LogP contribution in [-0.4, -0.2) is 22.9 Å². The standard InChI is InChI=1S/C14H14ClN3O2/c1-8-3-9(2)5-10(4-8)18-12(19)7-14(13(18)20)6-11(15)16-17-14/h3-5,11H,6-7H2,1-2H3. The molecular weight excluding hydrogens is 278 g/mol. The van der Waals surface area contributed by atoms with Crippen LogP contribution in [0.15, 0.2) is 28.4 Å². The lowest BCUT2D eigenvalue weighted by Gasteiger charge is -2.18. The largest absolute Gasteiger partial charge is 0.274 e. The van der Waals surface area contributed by atoms with Crippen LogP contribution in [0.25, 0.3) is 0 Å². The van der Waals surface area contributed by atoms with Crippen molar-refractivity contribution in [2.45, 2.75) is 37.7 Å². The van der Waals surface area contributed by atoms with E-state index in [1.807, 2.05) is 32.0 Å². The number of alkyl halides is 1. The van der Waals surface area contributed by atoms with Crippen molar-refractivity contribution in [1.29, 1.82) is 0 Å². The van der Waals surface area contributed by atoms with Crippen LogP contribution < -0.4 is 4.90 Å². The zero-order chi connectivity index (χ0) is 14.5. The van der Waals surface area contributed by atoms with Crippen LogP contribution in [0, 0.1) is 13.8 Å². The molecule has 0 N–H and O–H groups in total. The number of carbonyl (C=O) groups excluding carboxylic acids is 2. The molecule has 1 spiro atoms. The maximum Gasteiger partial charge on any atom is 0.264 e. The molecule has 2 amide bonds. The third-order valence-electron chi connectivity index (χ3n) is 3.64. The molecule has 1 saturated heterocycles. The normalized spacial score (nSPS) is 28.9. The Morgan fingerprint density at radius 1 is 1.25 bits per heavy atom. The van der Waals surface area contributed by atoms with Crippen LogP contribution >= 0.6 is 11.6 Å². The second-order valence-electron chi connectivity index (χ2n) is 5.44. The minimum absolute atomic E-state index is 0.0472. The summed E-state index contributed by atoms with van der Waals surface area (Å²) in [5.74, 6) is -0.566. The Kier molecular flexibility index (Phi) is 2.90. The van der Waals surface area contributed by atoms with Crippen molar-refractivity contribution in [3.05, 3.63) is 29.3 Å². The van der Waals surface area contributed by atoms with E-state index in [-0.39, 0.29) is 18.2 Å². The van der Waals surface area contributed by atoms with E-state index < -0.39 is 11.0 Å². The number of aryl methyl sites for hydroxylation is 2. The molecule has 0 aliphatic carbocycles. The van der Waals surface area contributed by atoms with Crippen molar-refractivity contribution in [3.8, 4) is 0 Å². The third-order valence-corrected chi connectivity index (χ3v) is 3.88. The van der Waals surface area contributed by atoms with E-state index in [1.54, 1.807) is 0 Å². The van der Waals surface area contributed by atoms with Gasteiger partial charge in [-0.15, -0.1) is 0 Å². The lowest BCUT2D eigenvalue weighted by Crippen LogP contribution is -2.38. The van der Waals surface area contributed by atoms with Gasteiger partial charge in [-0.3, -0.25) is 9.59 Å². The predicted molar refractivity (Wildman–Crippen MR) is 74.9 cm³/mol. The van der Waals surface area contributed by atoms with Gasteiger partial charge in [0.25, 0.3) is 5.91 Å². The molecule has 2 aliphatic rings. The number of halogens is 1. The second kappa shape index (κ2) is 4.38. The molecule has 2 unspecified atom stereocenters. The number of anilines is 1. The van der Waals surface area contributed by atoms with Gasteiger partial charge in [-0.25, -0.2) is 4.90 Å². The van der Waals surface area contributed by atoms with Gasteiger partial charge in [-0.05, 0) is 37.1 Å². The SMILES string of the molecule is Cc1cc(C)cc(N2C(=O)CC3(CC(Cl)N=N3)C2=O)c1. The molecule has 0 saturated carbocycles. The van der Waals surface area contributed by atoms with Gasteiger partial charge in [0, 0.05) is 6.42 Å². The molecule has 1 aromatic rings. The predicted octanol–water partition coefficient (Wildman–Crippen LogP) is 2.73. The number of hydrogen-bond acceptors (Lipinski definition) is 4. The average Bonchev–Trinajstić information content (AvgIpc) is 2.80. The number of hydrogen-bond donors (Lipinski definition) is 0. The Balaban J connectivity index is 2.01. The second-order valence-corrected chi connectivity index (χ2v) is 5.95. The molecule has 5 nitrogen and oxygen atoms in total. The lowest BCUT2D eigenvalue weighted by atomic mass is 9.95. The van der Waals surface area contributed by atoms with Crippen molar-refractivity contribution in [3.63, 3.8) is 0 Å². The van der Waals surface area contributed by atoms with Crippen molar-refractivity contribution < 1.29 is 9.59 Å². The fraction of sp³-hybridized carbons (Fsp3) is 0.429. The van der Waals surface area contributed by atoms with E-state index in [0.717, 1.165) is 11.1 Å². The van der Waals surface area contributed by atoms with Gasteiger partial charge < -0.3 is 0 Å². The van der Waals surface area contributed by atoms with Crippen LogP contribution in [0.1, 0.15) is 24.0 Å². The molecule has 104 valence electrons. The van der Waals surface area contributed by atoms with Gasteiger partial charge >= 0.3 is 0 Å². The number of rotatable bonds is 1. The van der Waals surface area contributed by atoms with Crippen molar-refractivity contribution >= 4 is 29.1 Å². The third kappa shape index (κ3) is 1.93. The monoisotopic (exact) mass is 291 g/mol. The summed E-state index contributed by atoms with van der Waals surface area (Å²) in [5.41, 5.74) is 1.00. The highest BCUT2D eigenvalue weighted by Gasteiger charge is 2.56. The molecule has 1 aromatic carbocycles. The zero-order valence-electron chi connectivity index (χ0n) is 11.3. The summed E-state index contributed by atoms with van der Waals surface area (Å²) < 4.78 is 0. The van der Waals surface area contributed by atoms with E-state index in [0.29, 0.717) is 12.1 Å². The molecule has 20 heavy (non-hydrogen) atoms. The summed E-state index contributed by atoms with van der Waals surface area (Å²) in [7, 11) is 0. The summed E-state index contributed by atoms with van der Waals surface area (Å²) in [5, 5.41) is 7.79. The fourth-order valence-electron chi connectivity index (χ4n) is 2.84. The Morgan fingerprint density at radius 3 is 2.45 bits per heavy atom. The Morgan fingerprint density at radius 2 is 1.90 bits per heavy atom. The van der Waals surface area contributed by atoms with Gasteiger partial charge in [0.1, 0.15) is 5.50 Å². The molecule has 0 bridgehead atoms. The number of nitrogens with zero attached hydrogens (tertiary/aromatic N) is 3. The van der Waals surface area contributed by atoms with Crippen LogP contribution in [-0.2, 0) is 9.59 Å². The molecule has 6 heteroatoms. The van der Waals surface area contributed by atoms with E-state index in [4.69, 9.17) is 11.6 Å². The molecule has 2 aliphatic heterocycles. The minimum atomic E-state index is -1.08. The lowest BCUT2D eigenvalue weighted by molar-refractivity contribution is -0.122. The maximum atomic E-state index is 12.6. The first-order valence-corrected chi connectivity index (χ1v) is 6.87. The van der Waals surface area contributed by atoms with Crippen molar-refractivity contribution in [2.24, 2.45) is 10.2 Å². The summed E-state index contributed by atoms with van der Waals surface area (Å²) in [6.07, 6.45) is 0.339. The topological polar surface area (TPSA) is 62.1 Å².